The highest BCUT2D eigenvalue weighted by Crippen LogP contribution is 2.38. The SMILES string of the molecule is CCCCN(C)C(=O)CN1C(=O)C(C(C)C)Oc2ccc([N+](=O)[O-])cc21. The molecule has 8 heteroatoms. The number of amides is 2. The highest BCUT2D eigenvalue weighted by Gasteiger charge is 2.38. The first-order valence-electron chi connectivity index (χ1n) is 8.76. The van der Waals surface area contributed by atoms with Crippen molar-refractivity contribution in [2.75, 3.05) is 25.0 Å². The van der Waals surface area contributed by atoms with Gasteiger partial charge in [-0.25, -0.2) is 0 Å². The maximum atomic E-state index is 12.8. The monoisotopic (exact) mass is 363 g/mol. The van der Waals surface area contributed by atoms with Crippen LogP contribution >= 0.6 is 0 Å². The molecule has 2 rings (SSSR count). The van der Waals surface area contributed by atoms with Crippen LogP contribution < -0.4 is 9.64 Å². The van der Waals surface area contributed by atoms with Crippen LogP contribution in [0, 0.1) is 16.0 Å². The standard InChI is InChI=1S/C18H25N3O5/c1-5-6-9-19(4)16(22)11-20-14-10-13(21(24)25)7-8-15(14)26-17(12(2)3)18(20)23/h7-8,10,12,17H,5-6,9,11H2,1-4H3. The second kappa shape index (κ2) is 8.16. The van der Waals surface area contributed by atoms with Gasteiger partial charge in [0.25, 0.3) is 11.6 Å². The summed E-state index contributed by atoms with van der Waals surface area (Å²) in [6, 6.07) is 4.09. The van der Waals surface area contributed by atoms with Gasteiger partial charge in [0.15, 0.2) is 6.10 Å². The van der Waals surface area contributed by atoms with E-state index in [1.807, 2.05) is 20.8 Å². The molecule has 0 fully saturated rings. The summed E-state index contributed by atoms with van der Waals surface area (Å²) in [5, 5.41) is 11.1. The molecule has 142 valence electrons. The Morgan fingerprint density at radius 1 is 1.42 bits per heavy atom. The van der Waals surface area contributed by atoms with Crippen molar-refractivity contribution in [1.82, 2.24) is 4.90 Å². The first-order chi connectivity index (χ1) is 12.3. The fourth-order valence-corrected chi connectivity index (χ4v) is 2.75. The van der Waals surface area contributed by atoms with Gasteiger partial charge in [0.2, 0.25) is 5.91 Å². The second-order valence-corrected chi connectivity index (χ2v) is 6.78. The van der Waals surface area contributed by atoms with E-state index in [-0.39, 0.29) is 35.7 Å². The van der Waals surface area contributed by atoms with Gasteiger partial charge < -0.3 is 9.64 Å². The van der Waals surface area contributed by atoms with Crippen LogP contribution in [0.25, 0.3) is 0 Å². The Morgan fingerprint density at radius 2 is 2.12 bits per heavy atom. The van der Waals surface area contributed by atoms with E-state index < -0.39 is 11.0 Å². The molecule has 1 heterocycles. The predicted octanol–water partition coefficient (Wildman–Crippen LogP) is 2.60. The molecule has 1 unspecified atom stereocenters. The summed E-state index contributed by atoms with van der Waals surface area (Å²) in [4.78, 5) is 38.8. The molecule has 0 saturated heterocycles. The van der Waals surface area contributed by atoms with Crippen LogP contribution in [0.2, 0.25) is 0 Å². The Kier molecular flexibility index (Phi) is 6.18. The molecule has 2 amide bonds. The van der Waals surface area contributed by atoms with E-state index in [2.05, 4.69) is 0 Å². The number of rotatable bonds is 7. The largest absolute Gasteiger partial charge is 0.478 e. The maximum absolute atomic E-state index is 12.8. The van der Waals surface area contributed by atoms with Gasteiger partial charge in [-0.1, -0.05) is 27.2 Å². The predicted molar refractivity (Wildman–Crippen MR) is 97.2 cm³/mol. The summed E-state index contributed by atoms with van der Waals surface area (Å²) in [5.41, 5.74) is 0.110. The lowest BCUT2D eigenvalue weighted by Gasteiger charge is -2.36. The molecule has 1 aliphatic heterocycles. The number of carbonyl (C=O) groups excluding carboxylic acids is 2. The summed E-state index contributed by atoms with van der Waals surface area (Å²) in [5.74, 6) is -0.293. The van der Waals surface area contributed by atoms with Crippen LogP contribution in [0.3, 0.4) is 0 Å². The van der Waals surface area contributed by atoms with Crippen LogP contribution in [0.1, 0.15) is 33.6 Å². The minimum absolute atomic E-state index is 0.0961. The van der Waals surface area contributed by atoms with Crippen LogP contribution in [-0.4, -0.2) is 47.9 Å². The van der Waals surface area contributed by atoms with Crippen LogP contribution in [0.4, 0.5) is 11.4 Å². The number of hydrogen-bond acceptors (Lipinski definition) is 5. The van der Waals surface area contributed by atoms with Gasteiger partial charge in [-0.2, -0.15) is 0 Å². The molecule has 0 radical (unpaired) electrons. The number of nitro groups is 1. The topological polar surface area (TPSA) is 93.0 Å². The van der Waals surface area contributed by atoms with Crippen molar-refractivity contribution in [1.29, 1.82) is 0 Å². The zero-order chi connectivity index (χ0) is 19.4. The third kappa shape index (κ3) is 4.12. The van der Waals surface area contributed by atoms with Gasteiger partial charge in [0, 0.05) is 25.7 Å². The number of anilines is 1. The lowest BCUT2D eigenvalue weighted by molar-refractivity contribution is -0.384. The number of benzene rings is 1. The van der Waals surface area contributed by atoms with E-state index in [4.69, 9.17) is 4.74 Å². The highest BCUT2D eigenvalue weighted by molar-refractivity contribution is 6.04. The van der Waals surface area contributed by atoms with Crippen molar-refractivity contribution in [3.05, 3.63) is 28.3 Å². The minimum Gasteiger partial charge on any atom is -0.478 e. The number of nitro benzene ring substituents is 1. The van der Waals surface area contributed by atoms with Crippen molar-refractivity contribution in [2.45, 2.75) is 39.7 Å². The lowest BCUT2D eigenvalue weighted by Crippen LogP contribution is -2.51. The summed E-state index contributed by atoms with van der Waals surface area (Å²) < 4.78 is 5.74. The maximum Gasteiger partial charge on any atom is 0.271 e. The Labute approximate surface area is 152 Å². The van der Waals surface area contributed by atoms with E-state index in [0.717, 1.165) is 12.8 Å². The van der Waals surface area contributed by atoms with Crippen LogP contribution in [0.5, 0.6) is 5.75 Å². The van der Waals surface area contributed by atoms with E-state index in [1.54, 1.807) is 11.9 Å². The molecular formula is C18H25N3O5. The van der Waals surface area contributed by atoms with Gasteiger partial charge in [-0.05, 0) is 18.4 Å². The fourth-order valence-electron chi connectivity index (χ4n) is 2.75. The van der Waals surface area contributed by atoms with E-state index in [1.165, 1.54) is 23.1 Å². The molecule has 1 aromatic rings. The summed E-state index contributed by atoms with van der Waals surface area (Å²) in [6.45, 7) is 6.17. The van der Waals surface area contributed by atoms with E-state index in [0.29, 0.717) is 12.3 Å². The molecule has 0 aromatic heterocycles. The molecular weight excluding hydrogens is 338 g/mol. The number of ether oxygens (including phenoxy) is 1. The average molecular weight is 363 g/mol. The fraction of sp³-hybridized carbons (Fsp3) is 0.556. The summed E-state index contributed by atoms with van der Waals surface area (Å²) in [6.07, 6.45) is 1.10. The minimum atomic E-state index is -0.724. The van der Waals surface area contributed by atoms with E-state index >= 15 is 0 Å². The Balaban J connectivity index is 2.35. The molecule has 26 heavy (non-hydrogen) atoms. The number of carbonyl (C=O) groups is 2. The van der Waals surface area contributed by atoms with Crippen molar-refractivity contribution in [3.63, 3.8) is 0 Å². The first kappa shape index (κ1) is 19.7. The van der Waals surface area contributed by atoms with Gasteiger partial charge >= 0.3 is 0 Å². The van der Waals surface area contributed by atoms with Gasteiger partial charge in [0.1, 0.15) is 12.3 Å². The Hall–Kier alpha value is -2.64. The van der Waals surface area contributed by atoms with Gasteiger partial charge in [0.05, 0.1) is 10.6 Å². The van der Waals surface area contributed by atoms with Crippen molar-refractivity contribution in [3.8, 4) is 5.75 Å². The number of unbranched alkanes of at least 4 members (excludes halogenated alkanes) is 1. The molecule has 1 aromatic carbocycles. The Bertz CT molecular complexity index is 704. The summed E-state index contributed by atoms with van der Waals surface area (Å²) >= 11 is 0. The number of fused-ring (bicyclic) bond motifs is 1. The smallest absolute Gasteiger partial charge is 0.271 e. The Morgan fingerprint density at radius 3 is 2.69 bits per heavy atom. The highest BCUT2D eigenvalue weighted by atomic mass is 16.6. The zero-order valence-corrected chi connectivity index (χ0v) is 15.6. The molecule has 8 nitrogen and oxygen atoms in total. The lowest BCUT2D eigenvalue weighted by atomic mass is 10.0. The van der Waals surface area contributed by atoms with Crippen LogP contribution in [-0.2, 0) is 9.59 Å². The van der Waals surface area contributed by atoms with Crippen LogP contribution in [0.15, 0.2) is 18.2 Å². The van der Waals surface area contributed by atoms with E-state index in [9.17, 15) is 19.7 Å². The third-order valence-corrected chi connectivity index (χ3v) is 4.38. The quantitative estimate of drug-likeness (QED) is 0.548. The molecule has 1 aliphatic rings. The molecule has 0 aliphatic carbocycles. The average Bonchev–Trinajstić information content (AvgIpc) is 2.60. The summed E-state index contributed by atoms with van der Waals surface area (Å²) in [7, 11) is 1.69. The molecule has 0 N–H and O–H groups in total. The molecule has 1 atom stereocenters. The number of hydrogen-bond donors (Lipinski definition) is 0. The third-order valence-electron chi connectivity index (χ3n) is 4.38. The zero-order valence-electron chi connectivity index (χ0n) is 15.6. The molecule has 0 spiro atoms. The van der Waals surface area contributed by atoms with Crippen molar-refractivity contribution in [2.24, 2.45) is 5.92 Å². The molecule has 0 saturated carbocycles. The van der Waals surface area contributed by atoms with Gasteiger partial charge in [-0.3, -0.25) is 24.6 Å². The van der Waals surface area contributed by atoms with Crippen molar-refractivity contribution < 1.29 is 19.2 Å². The number of likely N-dealkylation sites (N-methyl/N-ethyl adjacent to an activating group) is 1. The first-order valence-corrected chi connectivity index (χ1v) is 8.76. The number of non-ortho nitro benzene ring substituents is 1. The number of nitrogens with zero attached hydrogens (tertiary/aromatic N) is 3. The van der Waals surface area contributed by atoms with Gasteiger partial charge in [-0.15, -0.1) is 0 Å². The molecule has 0 bridgehead atoms. The van der Waals surface area contributed by atoms with Crippen molar-refractivity contribution >= 4 is 23.2 Å². The second-order valence-electron chi connectivity index (χ2n) is 6.78. The normalized spacial score (nSPS) is 16.3.